The topological polar surface area (TPSA) is 29.5 Å². The first-order valence-corrected chi connectivity index (χ1v) is 7.24. The average Bonchev–Trinajstić information content (AvgIpc) is 2.73. The Balaban J connectivity index is 2.34. The highest BCUT2D eigenvalue weighted by Crippen LogP contribution is 2.53. The van der Waals surface area contributed by atoms with Crippen molar-refractivity contribution >= 4 is 0 Å². The number of rotatable bonds is 4. The lowest BCUT2D eigenvalue weighted by Crippen LogP contribution is -2.45. The van der Waals surface area contributed by atoms with Crippen LogP contribution in [0.1, 0.15) is 98.5 Å². The second-order valence-electron chi connectivity index (χ2n) is 5.99. The smallest absolute Gasteiger partial charge is 0.127 e. The summed E-state index contributed by atoms with van der Waals surface area (Å²) in [6.07, 6.45) is -18.0. The molecule has 1 aromatic carbocycles. The van der Waals surface area contributed by atoms with Crippen LogP contribution < -0.4 is 4.74 Å². The molecule has 0 saturated heterocycles. The van der Waals surface area contributed by atoms with E-state index < -0.39 is 84.8 Å². The van der Waals surface area contributed by atoms with Gasteiger partial charge in [-0.15, -0.1) is 0 Å². The van der Waals surface area contributed by atoms with Crippen LogP contribution in [-0.4, -0.2) is 10.7 Å². The molecule has 23 heavy (non-hydrogen) atoms. The molecule has 0 amide bonds. The zero-order chi connectivity index (χ0) is 30.8. The van der Waals surface area contributed by atoms with Crippen LogP contribution in [0.3, 0.4) is 0 Å². The second kappa shape index (κ2) is 6.22. The minimum atomic E-state index is -3.94. The Morgan fingerprint density at radius 3 is 3.13 bits per heavy atom. The van der Waals surface area contributed by atoms with Crippen LogP contribution in [0, 0.1) is 5.89 Å². The van der Waals surface area contributed by atoms with Crippen molar-refractivity contribution in [1.29, 1.82) is 0 Å². The third kappa shape index (κ3) is 3.13. The third-order valence-corrected chi connectivity index (χ3v) is 3.75. The molecule has 2 aliphatic rings. The van der Waals surface area contributed by atoms with Gasteiger partial charge >= 0.3 is 0 Å². The lowest BCUT2D eigenvalue weighted by atomic mass is 9.68. The Morgan fingerprint density at radius 1 is 1.52 bits per heavy atom. The van der Waals surface area contributed by atoms with Gasteiger partial charge in [-0.25, -0.2) is 0 Å². The predicted octanol–water partition coefficient (Wildman–Crippen LogP) is 5.74. The highest BCUT2D eigenvalue weighted by Gasteiger charge is 2.45. The lowest BCUT2D eigenvalue weighted by molar-refractivity contribution is 0.0107. The zero-order valence-corrected chi connectivity index (χ0v) is 13.2. The van der Waals surface area contributed by atoms with Crippen LogP contribution in [0.15, 0.2) is 23.8 Å². The Bertz CT molecular complexity index is 1230. The van der Waals surface area contributed by atoms with E-state index in [1.54, 1.807) is 0 Å². The molecule has 126 valence electrons. The van der Waals surface area contributed by atoms with Gasteiger partial charge < -0.3 is 9.84 Å². The molecule has 3 rings (SSSR count). The average molecular weight is 331 g/mol. The Morgan fingerprint density at radius 2 is 2.35 bits per heavy atom. The number of benzene rings is 1. The standard InChI is InChI=1S/C21H30O2/c1-5-6-7-8-15-12-18(22)20-16-11-14(2)9-10-17(16)21(3,4)23-19(20)13-15/h11-13,16-17,22H,5-10H2,1-4H3/t16-,17-/m1/s1/i1D3,5D2,6D2,7D2,8D2,10D2,11D,16D,17D. The summed E-state index contributed by atoms with van der Waals surface area (Å²) in [5.74, 6) is -6.52. The van der Waals surface area contributed by atoms with Crippen LogP contribution in [0.4, 0.5) is 0 Å². The van der Waals surface area contributed by atoms with Crippen LogP contribution in [0.2, 0.25) is 0 Å². The van der Waals surface area contributed by atoms with Gasteiger partial charge in [0.2, 0.25) is 0 Å². The highest BCUT2D eigenvalue weighted by atomic mass is 16.5. The van der Waals surface area contributed by atoms with Crippen molar-refractivity contribution in [2.45, 2.75) is 77.4 Å². The first-order chi connectivity index (χ1) is 17.0. The molecule has 1 N–H and O–H groups in total. The second-order valence-corrected chi connectivity index (χ2v) is 5.99. The van der Waals surface area contributed by atoms with Gasteiger partial charge in [0.15, 0.2) is 0 Å². The third-order valence-electron chi connectivity index (χ3n) is 3.75. The van der Waals surface area contributed by atoms with Gasteiger partial charge in [0, 0.05) is 37.9 Å². The molecular weight excluding hydrogens is 284 g/mol. The summed E-state index contributed by atoms with van der Waals surface area (Å²) < 4.78 is 137. The summed E-state index contributed by atoms with van der Waals surface area (Å²) in [6, 6.07) is 0.954. The number of aromatic hydroxyl groups is 1. The summed E-state index contributed by atoms with van der Waals surface area (Å²) in [6.45, 7) is 0.324. The predicted molar refractivity (Wildman–Crippen MR) is 95.3 cm³/mol. The van der Waals surface area contributed by atoms with Crippen LogP contribution in [-0.2, 0) is 6.37 Å². The number of ether oxygens (including phenoxy) is 1. The lowest BCUT2D eigenvalue weighted by Gasteiger charge is -2.46. The van der Waals surface area contributed by atoms with Gasteiger partial charge in [0.05, 0.1) is 1.37 Å². The molecule has 1 aliphatic carbocycles. The van der Waals surface area contributed by atoms with E-state index in [1.165, 1.54) is 20.8 Å². The highest BCUT2D eigenvalue weighted by molar-refractivity contribution is 5.53. The normalized spacial score (nSPS) is 47.4. The molecule has 0 fully saturated rings. The molecule has 0 spiro atoms. The maximum Gasteiger partial charge on any atom is 0.127 e. The fourth-order valence-corrected chi connectivity index (χ4v) is 2.80. The molecule has 2 atom stereocenters. The van der Waals surface area contributed by atoms with E-state index in [0.29, 0.717) is 6.07 Å². The summed E-state index contributed by atoms with van der Waals surface area (Å²) in [5.41, 5.74) is -3.07. The number of phenolic OH excluding ortho intramolecular Hbond substituents is 1. The monoisotopic (exact) mass is 330 g/mol. The minimum Gasteiger partial charge on any atom is -0.507 e. The first-order valence-electron chi connectivity index (χ1n) is 15.2. The molecule has 1 heterocycles. The Hall–Kier alpha value is -1.44. The maximum atomic E-state index is 11.1. The molecule has 0 aromatic heterocycles. The Labute approximate surface area is 163 Å². The van der Waals surface area contributed by atoms with E-state index in [9.17, 15) is 7.85 Å². The molecule has 0 radical (unpaired) electrons. The molecule has 1 aromatic rings. The van der Waals surface area contributed by atoms with Crippen molar-refractivity contribution in [3.05, 3.63) is 34.9 Å². The number of fused-ring (bicyclic) bond motifs is 3. The van der Waals surface area contributed by atoms with Crippen molar-refractivity contribution in [2.75, 3.05) is 0 Å². The van der Waals surface area contributed by atoms with Gasteiger partial charge in [-0.05, 0) is 64.0 Å². The van der Waals surface area contributed by atoms with E-state index in [-0.39, 0.29) is 12.0 Å². The van der Waals surface area contributed by atoms with Crippen LogP contribution >= 0.6 is 0 Å². The van der Waals surface area contributed by atoms with Crippen molar-refractivity contribution in [2.24, 2.45) is 5.89 Å². The molecule has 0 unspecified atom stereocenters. The minimum absolute atomic E-state index is 0.136. The molecule has 1 aliphatic heterocycles. The fraction of sp³-hybridized carbons (Fsp3) is 0.619. The van der Waals surface area contributed by atoms with Crippen LogP contribution in [0.5, 0.6) is 11.5 Å². The number of aryl methyl sites for hydroxylation is 1. The van der Waals surface area contributed by atoms with Crippen molar-refractivity contribution in [3.8, 4) is 11.5 Å². The molecule has 0 bridgehead atoms. The maximum absolute atomic E-state index is 11.1. The zero-order valence-electron chi connectivity index (χ0n) is 29.2. The van der Waals surface area contributed by atoms with E-state index in [1.807, 2.05) is 0 Å². The first kappa shape index (κ1) is 5.82. The van der Waals surface area contributed by atoms with E-state index in [4.69, 9.17) is 23.9 Å². The molecule has 2 heteroatoms. The van der Waals surface area contributed by atoms with Crippen LogP contribution in [0.25, 0.3) is 0 Å². The number of allylic oxidation sites excluding steroid dienone is 2. The van der Waals surface area contributed by atoms with Gasteiger partial charge in [0.25, 0.3) is 0 Å². The molecular formula is C21H30O2. The summed E-state index contributed by atoms with van der Waals surface area (Å²) >= 11 is 0. The number of hydrogen-bond donors (Lipinski definition) is 1. The summed E-state index contributed by atoms with van der Waals surface area (Å²) in [4.78, 5) is 0. The fourth-order valence-electron chi connectivity index (χ4n) is 2.80. The van der Waals surface area contributed by atoms with Crippen molar-refractivity contribution in [3.63, 3.8) is 0 Å². The molecule has 0 saturated carbocycles. The number of phenols is 1. The number of hydrogen-bond acceptors (Lipinski definition) is 2. The van der Waals surface area contributed by atoms with Gasteiger partial charge in [-0.3, -0.25) is 0 Å². The van der Waals surface area contributed by atoms with Gasteiger partial charge in [0.1, 0.15) is 17.1 Å². The largest absolute Gasteiger partial charge is 0.507 e. The summed E-state index contributed by atoms with van der Waals surface area (Å²) in [7, 11) is 0. The van der Waals surface area contributed by atoms with Crippen molar-refractivity contribution in [1.82, 2.24) is 0 Å². The Kier molecular flexibility index (Phi) is 1.58. The quantitative estimate of drug-likeness (QED) is 0.714. The van der Waals surface area contributed by atoms with E-state index in [0.717, 1.165) is 6.07 Å². The SMILES string of the molecule is [2H]C1=C(C)CC([2H])([2H])[C@@]2([2H])C(C)(C)Oc3cc(C([2H])([2H])C([2H])([2H])C([2H])([2H])C([2H])([2H])C([2H])([2H])[2H])cc(O)c3[C@]12[2H]. The molecule has 2 nitrogen and oxygen atoms in total. The van der Waals surface area contributed by atoms with Gasteiger partial charge in [-0.1, -0.05) is 31.2 Å². The van der Waals surface area contributed by atoms with E-state index >= 15 is 0 Å². The van der Waals surface area contributed by atoms with Crippen molar-refractivity contribution < 1.29 is 31.8 Å². The van der Waals surface area contributed by atoms with E-state index in [2.05, 4.69) is 0 Å². The summed E-state index contributed by atoms with van der Waals surface area (Å²) in [5, 5.41) is 11.1. The van der Waals surface area contributed by atoms with Gasteiger partial charge in [-0.2, -0.15) is 0 Å².